The Morgan fingerprint density at radius 3 is 1.67 bits per heavy atom. The first-order valence-electron chi connectivity index (χ1n) is 7.23. The summed E-state index contributed by atoms with van der Waals surface area (Å²) in [5, 5.41) is 11.3. The summed E-state index contributed by atoms with van der Waals surface area (Å²) in [5.41, 5.74) is 0.681. The third-order valence-corrected chi connectivity index (χ3v) is 3.44. The highest BCUT2D eigenvalue weighted by Crippen LogP contribution is 2.30. The Morgan fingerprint density at radius 2 is 1.29 bits per heavy atom. The lowest BCUT2D eigenvalue weighted by Crippen LogP contribution is -2.34. The number of nitrogens with zero attached hydrogens (tertiary/aromatic N) is 1. The highest BCUT2D eigenvalue weighted by molar-refractivity contribution is 5.40. The third-order valence-electron chi connectivity index (χ3n) is 3.44. The van der Waals surface area contributed by atoms with Crippen LogP contribution in [0.1, 0.15) is 11.1 Å². The average molecular weight is 282 g/mol. The van der Waals surface area contributed by atoms with Crippen molar-refractivity contribution in [1.29, 1.82) is 0 Å². The number of rotatable bonds is 5. The molecule has 2 rings (SSSR count). The SMILES string of the molecule is C[N+](C)(C)C/C=C/C(O)(c1ccccc1)c1ccccc1. The van der Waals surface area contributed by atoms with Gasteiger partial charge in [-0.2, -0.15) is 0 Å². The molecule has 2 heteroatoms. The lowest BCUT2D eigenvalue weighted by molar-refractivity contribution is -0.864. The highest BCUT2D eigenvalue weighted by atomic mass is 16.3. The fraction of sp³-hybridized carbons (Fsp3) is 0.263. The molecule has 0 atom stereocenters. The molecule has 1 N–H and O–H groups in total. The second kappa shape index (κ2) is 6.25. The van der Waals surface area contributed by atoms with Gasteiger partial charge in [0.1, 0.15) is 5.60 Å². The van der Waals surface area contributed by atoms with Gasteiger partial charge in [-0.3, -0.25) is 0 Å². The molecule has 0 amide bonds. The molecule has 0 heterocycles. The van der Waals surface area contributed by atoms with E-state index in [-0.39, 0.29) is 0 Å². The van der Waals surface area contributed by atoms with E-state index in [1.807, 2.05) is 66.7 Å². The summed E-state index contributed by atoms with van der Waals surface area (Å²) >= 11 is 0. The molecule has 2 aromatic rings. The van der Waals surface area contributed by atoms with Gasteiger partial charge in [-0.1, -0.05) is 60.7 Å². The molecule has 0 aliphatic rings. The zero-order chi connectivity index (χ0) is 15.3. The molecule has 0 aromatic heterocycles. The number of benzene rings is 2. The van der Waals surface area contributed by atoms with E-state index in [0.717, 1.165) is 22.2 Å². The van der Waals surface area contributed by atoms with Crippen molar-refractivity contribution in [3.8, 4) is 0 Å². The third kappa shape index (κ3) is 4.03. The summed E-state index contributed by atoms with van der Waals surface area (Å²) in [5.74, 6) is 0. The summed E-state index contributed by atoms with van der Waals surface area (Å²) in [4.78, 5) is 0. The van der Waals surface area contributed by atoms with E-state index in [1.165, 1.54) is 0 Å². The second-order valence-electron chi connectivity index (χ2n) is 6.37. The molecule has 0 saturated carbocycles. The number of likely N-dealkylation sites (N-methyl/N-ethyl adjacent to an activating group) is 1. The van der Waals surface area contributed by atoms with Crippen LogP contribution in [-0.2, 0) is 5.60 Å². The van der Waals surface area contributed by atoms with Gasteiger partial charge in [0.25, 0.3) is 0 Å². The van der Waals surface area contributed by atoms with Crippen molar-refractivity contribution < 1.29 is 9.59 Å². The molecular formula is C19H24NO+. The Bertz CT molecular complexity index is 542. The predicted octanol–water partition coefficient (Wildman–Crippen LogP) is 3.18. The van der Waals surface area contributed by atoms with Crippen molar-refractivity contribution in [2.75, 3.05) is 27.7 Å². The lowest BCUT2D eigenvalue weighted by atomic mass is 9.86. The van der Waals surface area contributed by atoms with E-state index in [9.17, 15) is 5.11 Å². The fourth-order valence-corrected chi connectivity index (χ4v) is 2.28. The second-order valence-corrected chi connectivity index (χ2v) is 6.37. The van der Waals surface area contributed by atoms with Crippen LogP contribution in [0.2, 0.25) is 0 Å². The van der Waals surface area contributed by atoms with Gasteiger partial charge >= 0.3 is 0 Å². The molecular weight excluding hydrogens is 258 g/mol. The molecule has 0 fully saturated rings. The molecule has 2 nitrogen and oxygen atoms in total. The summed E-state index contributed by atoms with van der Waals surface area (Å²) in [6.07, 6.45) is 3.96. The Kier molecular flexibility index (Phi) is 4.61. The smallest absolute Gasteiger partial charge is 0.133 e. The number of quaternary nitrogens is 1. The lowest BCUT2D eigenvalue weighted by Gasteiger charge is -2.27. The molecule has 110 valence electrons. The maximum absolute atomic E-state index is 11.3. The minimum absolute atomic E-state index is 0.830. The zero-order valence-corrected chi connectivity index (χ0v) is 13.0. The topological polar surface area (TPSA) is 20.2 Å². The first-order chi connectivity index (χ1) is 9.92. The van der Waals surface area contributed by atoms with Gasteiger partial charge in [-0.25, -0.2) is 0 Å². The first-order valence-corrected chi connectivity index (χ1v) is 7.23. The molecule has 21 heavy (non-hydrogen) atoms. The van der Waals surface area contributed by atoms with Crippen LogP contribution in [0.3, 0.4) is 0 Å². The summed E-state index contributed by atoms with van der Waals surface area (Å²) in [7, 11) is 6.40. The Balaban J connectivity index is 2.41. The van der Waals surface area contributed by atoms with Crippen LogP contribution in [-0.4, -0.2) is 37.3 Å². The van der Waals surface area contributed by atoms with Crippen LogP contribution >= 0.6 is 0 Å². The molecule has 0 aliphatic heterocycles. The largest absolute Gasteiger partial charge is 0.377 e. The molecule has 0 bridgehead atoms. The fourth-order valence-electron chi connectivity index (χ4n) is 2.28. The number of hydrogen-bond donors (Lipinski definition) is 1. The van der Waals surface area contributed by atoms with Crippen LogP contribution in [0.5, 0.6) is 0 Å². The maximum Gasteiger partial charge on any atom is 0.133 e. The molecule has 0 saturated heterocycles. The van der Waals surface area contributed by atoms with Gasteiger partial charge in [0.15, 0.2) is 0 Å². The quantitative estimate of drug-likeness (QED) is 0.659. The zero-order valence-electron chi connectivity index (χ0n) is 13.0. The predicted molar refractivity (Wildman–Crippen MR) is 87.9 cm³/mol. The van der Waals surface area contributed by atoms with Gasteiger partial charge in [0, 0.05) is 0 Å². The number of aliphatic hydroxyl groups is 1. The summed E-state index contributed by atoms with van der Waals surface area (Å²) in [6, 6.07) is 19.6. The molecule has 0 unspecified atom stereocenters. The van der Waals surface area contributed by atoms with E-state index in [2.05, 4.69) is 27.2 Å². The number of hydrogen-bond acceptors (Lipinski definition) is 1. The molecule has 0 radical (unpaired) electrons. The van der Waals surface area contributed by atoms with Gasteiger partial charge in [0.05, 0.1) is 27.7 Å². The minimum atomic E-state index is -1.09. The van der Waals surface area contributed by atoms with Crippen LogP contribution in [0.15, 0.2) is 72.8 Å². The summed E-state index contributed by atoms with van der Waals surface area (Å²) in [6.45, 7) is 0.863. The maximum atomic E-state index is 11.3. The van der Waals surface area contributed by atoms with Crippen LogP contribution in [0.4, 0.5) is 0 Å². The van der Waals surface area contributed by atoms with Crippen molar-refractivity contribution in [2.24, 2.45) is 0 Å². The first kappa shape index (κ1) is 15.5. The van der Waals surface area contributed by atoms with Crippen LogP contribution in [0, 0.1) is 0 Å². The monoisotopic (exact) mass is 282 g/mol. The molecule has 2 aromatic carbocycles. The van der Waals surface area contributed by atoms with E-state index >= 15 is 0 Å². The molecule has 0 aliphatic carbocycles. The van der Waals surface area contributed by atoms with Gasteiger partial charge in [0.2, 0.25) is 0 Å². The normalized spacial score (nSPS) is 12.8. The Morgan fingerprint density at radius 1 is 0.857 bits per heavy atom. The van der Waals surface area contributed by atoms with Crippen molar-refractivity contribution in [3.63, 3.8) is 0 Å². The highest BCUT2D eigenvalue weighted by Gasteiger charge is 2.28. The van der Waals surface area contributed by atoms with E-state index < -0.39 is 5.60 Å². The van der Waals surface area contributed by atoms with Gasteiger partial charge in [-0.05, 0) is 23.3 Å². The van der Waals surface area contributed by atoms with E-state index in [1.54, 1.807) is 0 Å². The van der Waals surface area contributed by atoms with E-state index in [0.29, 0.717) is 0 Å². The average Bonchev–Trinajstić information content (AvgIpc) is 2.47. The van der Waals surface area contributed by atoms with Crippen molar-refractivity contribution in [3.05, 3.63) is 83.9 Å². The minimum Gasteiger partial charge on any atom is -0.377 e. The van der Waals surface area contributed by atoms with Crippen LogP contribution in [0.25, 0.3) is 0 Å². The van der Waals surface area contributed by atoms with Crippen molar-refractivity contribution in [1.82, 2.24) is 0 Å². The summed E-state index contributed by atoms with van der Waals surface area (Å²) < 4.78 is 0.830. The van der Waals surface area contributed by atoms with Crippen LogP contribution < -0.4 is 0 Å². The standard InChI is InChI=1S/C19H24NO/c1-20(2,3)16-10-15-19(21,17-11-6-4-7-12-17)18-13-8-5-9-14-18/h4-15,21H,16H2,1-3H3/q+1/b15-10+. The Labute approximate surface area is 127 Å². The van der Waals surface area contributed by atoms with Crippen molar-refractivity contribution >= 4 is 0 Å². The Hall–Kier alpha value is -1.90. The van der Waals surface area contributed by atoms with Gasteiger partial charge in [-0.15, -0.1) is 0 Å². The van der Waals surface area contributed by atoms with Crippen molar-refractivity contribution in [2.45, 2.75) is 5.60 Å². The molecule has 0 spiro atoms. The van der Waals surface area contributed by atoms with E-state index in [4.69, 9.17) is 0 Å². The van der Waals surface area contributed by atoms with Gasteiger partial charge < -0.3 is 9.59 Å².